The van der Waals surface area contributed by atoms with E-state index < -0.39 is 29.7 Å². The van der Waals surface area contributed by atoms with Crippen LogP contribution in [0.3, 0.4) is 0 Å². The standard InChI is InChI=1S/C15H13F3N4O3/c16-15(17,18)9-3-1-4-10(7-9)22-8-11(19-20-22)13(23)21-6-2-5-12(21)14(24)25/h1,3-4,7-8,12H,2,5-6H2,(H,24,25)/t12-/m1/s1. The topological polar surface area (TPSA) is 88.3 Å². The van der Waals surface area contributed by atoms with Crippen molar-refractivity contribution < 1.29 is 27.9 Å². The largest absolute Gasteiger partial charge is 0.480 e. The van der Waals surface area contributed by atoms with Crippen LogP contribution >= 0.6 is 0 Å². The highest BCUT2D eigenvalue weighted by Crippen LogP contribution is 2.30. The van der Waals surface area contributed by atoms with Gasteiger partial charge in [0.1, 0.15) is 6.04 Å². The molecule has 1 aliphatic heterocycles. The van der Waals surface area contributed by atoms with Gasteiger partial charge in [-0.2, -0.15) is 13.2 Å². The second-order valence-electron chi connectivity index (χ2n) is 5.59. The molecule has 2 aromatic rings. The molecule has 25 heavy (non-hydrogen) atoms. The van der Waals surface area contributed by atoms with Gasteiger partial charge in [-0.1, -0.05) is 11.3 Å². The van der Waals surface area contributed by atoms with Crippen molar-refractivity contribution in [2.75, 3.05) is 6.54 Å². The van der Waals surface area contributed by atoms with Crippen LogP contribution in [-0.2, 0) is 11.0 Å². The first-order valence-corrected chi connectivity index (χ1v) is 7.41. The molecule has 1 fully saturated rings. The minimum atomic E-state index is -4.50. The van der Waals surface area contributed by atoms with Crippen LogP contribution in [0.25, 0.3) is 5.69 Å². The number of aromatic nitrogens is 3. The Balaban J connectivity index is 1.86. The van der Waals surface area contributed by atoms with Crippen LogP contribution in [0.4, 0.5) is 13.2 Å². The highest BCUT2D eigenvalue weighted by atomic mass is 19.4. The van der Waals surface area contributed by atoms with Gasteiger partial charge < -0.3 is 10.0 Å². The van der Waals surface area contributed by atoms with Gasteiger partial charge in [0.2, 0.25) is 0 Å². The molecule has 0 spiro atoms. The Morgan fingerprint density at radius 3 is 2.72 bits per heavy atom. The number of nitrogens with zero attached hydrogens (tertiary/aromatic N) is 4. The number of benzene rings is 1. The van der Waals surface area contributed by atoms with Gasteiger partial charge in [0.25, 0.3) is 5.91 Å². The molecule has 7 nitrogen and oxygen atoms in total. The average Bonchev–Trinajstić information content (AvgIpc) is 3.23. The number of amides is 1. The summed E-state index contributed by atoms with van der Waals surface area (Å²) in [6, 6.07) is 3.51. The Labute approximate surface area is 139 Å². The monoisotopic (exact) mass is 354 g/mol. The number of alkyl halides is 3. The second-order valence-corrected chi connectivity index (χ2v) is 5.59. The lowest BCUT2D eigenvalue weighted by atomic mass is 10.2. The molecule has 0 saturated carbocycles. The lowest BCUT2D eigenvalue weighted by Crippen LogP contribution is -2.40. The van der Waals surface area contributed by atoms with Gasteiger partial charge in [0, 0.05) is 6.54 Å². The van der Waals surface area contributed by atoms with Crippen LogP contribution in [0.15, 0.2) is 30.5 Å². The summed E-state index contributed by atoms with van der Waals surface area (Å²) in [6.07, 6.45) is -2.40. The van der Waals surface area contributed by atoms with E-state index >= 15 is 0 Å². The predicted molar refractivity (Wildman–Crippen MR) is 78.1 cm³/mol. The third-order valence-electron chi connectivity index (χ3n) is 3.95. The van der Waals surface area contributed by atoms with E-state index in [4.69, 9.17) is 5.11 Å². The van der Waals surface area contributed by atoms with E-state index in [2.05, 4.69) is 10.3 Å². The molecule has 1 aromatic heterocycles. The van der Waals surface area contributed by atoms with Crippen LogP contribution < -0.4 is 0 Å². The van der Waals surface area contributed by atoms with E-state index in [9.17, 15) is 22.8 Å². The van der Waals surface area contributed by atoms with Crippen molar-refractivity contribution in [2.45, 2.75) is 25.1 Å². The number of carbonyl (C=O) groups is 2. The van der Waals surface area contributed by atoms with Crippen molar-refractivity contribution in [3.63, 3.8) is 0 Å². The van der Waals surface area contributed by atoms with Gasteiger partial charge >= 0.3 is 12.1 Å². The van der Waals surface area contributed by atoms with E-state index in [0.29, 0.717) is 12.8 Å². The van der Waals surface area contributed by atoms with Crippen LogP contribution in [0.5, 0.6) is 0 Å². The van der Waals surface area contributed by atoms with E-state index in [1.807, 2.05) is 0 Å². The number of rotatable bonds is 3. The summed E-state index contributed by atoms with van der Waals surface area (Å²) in [6.45, 7) is 0.284. The molecule has 1 saturated heterocycles. The minimum Gasteiger partial charge on any atom is -0.480 e. The van der Waals surface area contributed by atoms with Crippen molar-refractivity contribution >= 4 is 11.9 Å². The van der Waals surface area contributed by atoms with E-state index in [-0.39, 0.29) is 17.9 Å². The molecule has 1 amide bonds. The normalized spacial score (nSPS) is 17.7. The first-order valence-electron chi connectivity index (χ1n) is 7.41. The van der Waals surface area contributed by atoms with Crippen LogP contribution in [0.1, 0.15) is 28.9 Å². The van der Waals surface area contributed by atoms with Gasteiger partial charge in [0.15, 0.2) is 5.69 Å². The number of hydrogen-bond acceptors (Lipinski definition) is 4. The average molecular weight is 354 g/mol. The number of halogens is 3. The van der Waals surface area contributed by atoms with Crippen LogP contribution in [0, 0.1) is 0 Å². The summed E-state index contributed by atoms with van der Waals surface area (Å²) in [5.41, 5.74) is -0.873. The smallest absolute Gasteiger partial charge is 0.416 e. The number of likely N-dealkylation sites (tertiary alicyclic amines) is 1. The summed E-state index contributed by atoms with van der Waals surface area (Å²) in [5, 5.41) is 16.5. The SMILES string of the molecule is O=C(O)[C@H]1CCCN1C(=O)c1cn(-c2cccc(C(F)(F)F)c2)nn1. The van der Waals surface area contributed by atoms with E-state index in [1.54, 1.807) is 0 Å². The van der Waals surface area contributed by atoms with Gasteiger partial charge in [-0.25, -0.2) is 9.48 Å². The summed E-state index contributed by atoms with van der Waals surface area (Å²) in [7, 11) is 0. The Hall–Kier alpha value is -2.91. The van der Waals surface area contributed by atoms with Crippen molar-refractivity contribution in [1.82, 2.24) is 19.9 Å². The zero-order chi connectivity index (χ0) is 18.2. The van der Waals surface area contributed by atoms with Gasteiger partial charge in [-0.3, -0.25) is 4.79 Å². The maximum absolute atomic E-state index is 12.8. The second kappa shape index (κ2) is 6.19. The Morgan fingerprint density at radius 1 is 1.28 bits per heavy atom. The lowest BCUT2D eigenvalue weighted by molar-refractivity contribution is -0.141. The number of carboxylic acid groups (broad SMARTS) is 1. The summed E-state index contributed by atoms with van der Waals surface area (Å²) < 4.78 is 39.4. The molecule has 0 radical (unpaired) electrons. The molecule has 1 aromatic carbocycles. The molecule has 0 aliphatic carbocycles. The molecular weight excluding hydrogens is 341 g/mol. The molecule has 3 rings (SSSR count). The van der Waals surface area contributed by atoms with Crippen molar-refractivity contribution in [2.24, 2.45) is 0 Å². The number of carbonyl (C=O) groups excluding carboxylic acids is 1. The molecule has 0 unspecified atom stereocenters. The quantitative estimate of drug-likeness (QED) is 0.910. The van der Waals surface area contributed by atoms with Crippen molar-refractivity contribution in [3.8, 4) is 5.69 Å². The number of carboxylic acids is 1. The highest BCUT2D eigenvalue weighted by molar-refractivity contribution is 5.95. The fraction of sp³-hybridized carbons (Fsp3) is 0.333. The van der Waals surface area contributed by atoms with Crippen molar-refractivity contribution in [3.05, 3.63) is 41.7 Å². The molecule has 0 bridgehead atoms. The predicted octanol–water partition coefficient (Wildman–Crippen LogP) is 1.98. The number of aliphatic carboxylic acids is 1. The van der Waals surface area contributed by atoms with Crippen molar-refractivity contribution in [1.29, 1.82) is 0 Å². The molecule has 1 N–H and O–H groups in total. The molecule has 1 aliphatic rings. The Morgan fingerprint density at radius 2 is 2.04 bits per heavy atom. The molecular formula is C15H13F3N4O3. The van der Waals surface area contributed by atoms with E-state index in [1.165, 1.54) is 23.2 Å². The molecule has 10 heteroatoms. The molecule has 2 heterocycles. The highest BCUT2D eigenvalue weighted by Gasteiger charge is 2.35. The van der Waals surface area contributed by atoms with Gasteiger partial charge in [0.05, 0.1) is 17.4 Å². The zero-order valence-corrected chi connectivity index (χ0v) is 12.8. The maximum atomic E-state index is 12.8. The molecule has 132 valence electrons. The molecule has 1 atom stereocenters. The van der Waals surface area contributed by atoms with Gasteiger partial charge in [-0.05, 0) is 31.0 Å². The first-order chi connectivity index (χ1) is 11.8. The van der Waals surface area contributed by atoms with Crippen LogP contribution in [0.2, 0.25) is 0 Å². The van der Waals surface area contributed by atoms with Gasteiger partial charge in [-0.15, -0.1) is 5.10 Å². The minimum absolute atomic E-state index is 0.0950. The van der Waals surface area contributed by atoms with E-state index in [0.717, 1.165) is 16.8 Å². The summed E-state index contributed by atoms with van der Waals surface area (Å²) in [5.74, 6) is -1.71. The maximum Gasteiger partial charge on any atom is 0.416 e. The third kappa shape index (κ3) is 3.32. The Bertz CT molecular complexity index is 818. The zero-order valence-electron chi connectivity index (χ0n) is 12.8. The summed E-state index contributed by atoms with van der Waals surface area (Å²) >= 11 is 0. The fourth-order valence-corrected chi connectivity index (χ4v) is 2.73. The number of hydrogen-bond donors (Lipinski definition) is 1. The Kier molecular flexibility index (Phi) is 4.19. The first kappa shape index (κ1) is 16.9. The summed E-state index contributed by atoms with van der Waals surface area (Å²) in [4.78, 5) is 24.7. The van der Waals surface area contributed by atoms with Crippen LogP contribution in [-0.4, -0.2) is 49.5 Å². The lowest BCUT2D eigenvalue weighted by Gasteiger charge is -2.19. The third-order valence-corrected chi connectivity index (χ3v) is 3.95. The fourth-order valence-electron chi connectivity index (χ4n) is 2.73.